The van der Waals surface area contributed by atoms with Crippen molar-refractivity contribution in [3.05, 3.63) is 54.1 Å². The molecule has 4 atom stereocenters. The van der Waals surface area contributed by atoms with Crippen LogP contribution in [0.2, 0.25) is 0 Å². The summed E-state index contributed by atoms with van der Waals surface area (Å²) >= 11 is 0. The standard InChI is InChI=1S/C23H30N2O6/c1-25(11-12-26)21-18(24-23(28)17-9-4-5-10-19(17)30-3)14-20(22(21)27)31-16-8-6-7-15(13-16)29-2/h4-10,13,18,20-22,26-27H,11-12,14H2,1-3H3,(H,24,28)/t18-,20-,21+,22+/m1/s1. The van der Waals surface area contributed by atoms with Crippen molar-refractivity contribution < 1.29 is 29.2 Å². The van der Waals surface area contributed by atoms with Gasteiger partial charge < -0.3 is 29.7 Å². The first kappa shape index (κ1) is 22.9. The van der Waals surface area contributed by atoms with E-state index in [-0.39, 0.29) is 18.6 Å². The summed E-state index contributed by atoms with van der Waals surface area (Å²) in [5.41, 5.74) is 0.417. The number of nitrogens with zero attached hydrogens (tertiary/aromatic N) is 1. The van der Waals surface area contributed by atoms with Crippen LogP contribution < -0.4 is 19.5 Å². The van der Waals surface area contributed by atoms with Crippen molar-refractivity contribution in [1.29, 1.82) is 0 Å². The van der Waals surface area contributed by atoms with Crippen LogP contribution in [0, 0.1) is 0 Å². The first-order valence-corrected chi connectivity index (χ1v) is 10.2. The third kappa shape index (κ3) is 5.28. The molecular weight excluding hydrogens is 400 g/mol. The molecule has 0 aliphatic heterocycles. The van der Waals surface area contributed by atoms with Crippen molar-refractivity contribution in [3.63, 3.8) is 0 Å². The van der Waals surface area contributed by atoms with Crippen molar-refractivity contribution in [2.75, 3.05) is 34.4 Å². The van der Waals surface area contributed by atoms with Gasteiger partial charge in [-0.3, -0.25) is 9.69 Å². The second-order valence-corrected chi connectivity index (χ2v) is 7.54. The molecule has 0 unspecified atom stereocenters. The normalized spacial score (nSPS) is 22.9. The topological polar surface area (TPSA) is 100 Å². The van der Waals surface area contributed by atoms with Crippen LogP contribution >= 0.6 is 0 Å². The quantitative estimate of drug-likeness (QED) is 0.551. The van der Waals surface area contributed by atoms with E-state index in [1.54, 1.807) is 50.6 Å². The Balaban J connectivity index is 1.80. The minimum absolute atomic E-state index is 0.0612. The van der Waals surface area contributed by atoms with Crippen molar-refractivity contribution in [1.82, 2.24) is 10.2 Å². The molecule has 1 fully saturated rings. The first-order valence-electron chi connectivity index (χ1n) is 10.2. The van der Waals surface area contributed by atoms with Crippen LogP contribution in [0.15, 0.2) is 48.5 Å². The predicted octanol–water partition coefficient (Wildman–Crippen LogP) is 1.31. The number of para-hydroxylation sites is 1. The van der Waals surface area contributed by atoms with Crippen molar-refractivity contribution in [3.8, 4) is 17.2 Å². The fraction of sp³-hybridized carbons (Fsp3) is 0.435. The molecule has 0 radical (unpaired) electrons. The Morgan fingerprint density at radius 3 is 2.58 bits per heavy atom. The Bertz CT molecular complexity index is 877. The van der Waals surface area contributed by atoms with Gasteiger partial charge in [0.25, 0.3) is 5.91 Å². The molecule has 2 aromatic rings. The molecule has 2 aromatic carbocycles. The van der Waals surface area contributed by atoms with E-state index in [0.29, 0.717) is 35.8 Å². The number of hydrogen-bond acceptors (Lipinski definition) is 7. The van der Waals surface area contributed by atoms with Gasteiger partial charge in [0.2, 0.25) is 0 Å². The van der Waals surface area contributed by atoms with Gasteiger partial charge in [-0.15, -0.1) is 0 Å². The highest BCUT2D eigenvalue weighted by molar-refractivity contribution is 5.97. The number of aliphatic hydroxyl groups is 2. The first-order chi connectivity index (χ1) is 15.0. The lowest BCUT2D eigenvalue weighted by atomic mass is 10.1. The number of carbonyl (C=O) groups excluding carboxylic acids is 1. The minimum atomic E-state index is -0.870. The molecule has 0 aromatic heterocycles. The van der Waals surface area contributed by atoms with Crippen molar-refractivity contribution in [2.24, 2.45) is 0 Å². The molecule has 0 bridgehead atoms. The smallest absolute Gasteiger partial charge is 0.255 e. The summed E-state index contributed by atoms with van der Waals surface area (Å²) in [6, 6.07) is 13.3. The summed E-state index contributed by atoms with van der Waals surface area (Å²) in [7, 11) is 4.90. The molecule has 1 saturated carbocycles. The number of rotatable bonds is 9. The number of nitrogens with one attached hydrogen (secondary N) is 1. The maximum absolute atomic E-state index is 13.0. The average molecular weight is 431 g/mol. The van der Waals surface area contributed by atoms with E-state index in [0.717, 1.165) is 0 Å². The van der Waals surface area contributed by atoms with Crippen LogP contribution in [0.3, 0.4) is 0 Å². The zero-order valence-corrected chi connectivity index (χ0v) is 18.0. The van der Waals surface area contributed by atoms with Gasteiger partial charge in [0.15, 0.2) is 0 Å². The zero-order chi connectivity index (χ0) is 22.4. The SMILES string of the molecule is COc1cccc(O[C@@H]2C[C@@H](NC(=O)c3ccccc3OC)[C@H](N(C)CCO)[C@H]2O)c1. The van der Waals surface area contributed by atoms with E-state index >= 15 is 0 Å². The van der Waals surface area contributed by atoms with Gasteiger partial charge in [-0.05, 0) is 31.3 Å². The minimum Gasteiger partial charge on any atom is -0.497 e. The Hall–Kier alpha value is -2.81. The lowest BCUT2D eigenvalue weighted by Gasteiger charge is -2.32. The summed E-state index contributed by atoms with van der Waals surface area (Å²) in [6.07, 6.45) is -1.01. The van der Waals surface area contributed by atoms with Gasteiger partial charge in [-0.2, -0.15) is 0 Å². The molecule has 1 aliphatic carbocycles. The van der Waals surface area contributed by atoms with Gasteiger partial charge in [0.1, 0.15) is 29.5 Å². The second kappa shape index (κ2) is 10.5. The maximum Gasteiger partial charge on any atom is 0.255 e. The Morgan fingerprint density at radius 1 is 1.13 bits per heavy atom. The molecule has 0 saturated heterocycles. The molecule has 168 valence electrons. The summed E-state index contributed by atoms with van der Waals surface area (Å²) < 4.78 is 16.6. The second-order valence-electron chi connectivity index (χ2n) is 7.54. The highest BCUT2D eigenvalue weighted by Crippen LogP contribution is 2.30. The molecule has 0 heterocycles. The number of benzene rings is 2. The van der Waals surface area contributed by atoms with Crippen LogP contribution in [0.5, 0.6) is 17.2 Å². The molecule has 8 heteroatoms. The van der Waals surface area contributed by atoms with E-state index in [1.807, 2.05) is 17.0 Å². The maximum atomic E-state index is 13.0. The lowest BCUT2D eigenvalue weighted by molar-refractivity contribution is 0.0109. The molecule has 31 heavy (non-hydrogen) atoms. The number of ether oxygens (including phenoxy) is 3. The van der Waals surface area contributed by atoms with Crippen LogP contribution in [0.25, 0.3) is 0 Å². The molecule has 8 nitrogen and oxygen atoms in total. The van der Waals surface area contributed by atoms with E-state index in [9.17, 15) is 15.0 Å². The van der Waals surface area contributed by atoms with E-state index < -0.39 is 18.2 Å². The number of likely N-dealkylation sites (N-methyl/N-ethyl adjacent to an activating group) is 1. The van der Waals surface area contributed by atoms with E-state index in [1.165, 1.54) is 7.11 Å². The molecule has 3 N–H and O–H groups in total. The van der Waals surface area contributed by atoms with Crippen LogP contribution in [-0.4, -0.2) is 79.7 Å². The lowest BCUT2D eigenvalue weighted by Crippen LogP contribution is -2.52. The third-order valence-electron chi connectivity index (χ3n) is 5.59. The fourth-order valence-electron chi connectivity index (χ4n) is 4.05. The molecule has 0 spiro atoms. The van der Waals surface area contributed by atoms with Gasteiger partial charge >= 0.3 is 0 Å². The summed E-state index contributed by atoms with van der Waals surface area (Å²) in [5, 5.41) is 23.4. The molecule has 1 amide bonds. The molecule has 3 rings (SSSR count). The summed E-state index contributed by atoms with van der Waals surface area (Å²) in [6.45, 7) is 0.295. The summed E-state index contributed by atoms with van der Waals surface area (Å²) in [4.78, 5) is 14.8. The van der Waals surface area contributed by atoms with Gasteiger partial charge in [0, 0.05) is 19.0 Å². The molecule has 1 aliphatic rings. The average Bonchev–Trinajstić information content (AvgIpc) is 3.08. The van der Waals surface area contributed by atoms with Crippen LogP contribution in [0.1, 0.15) is 16.8 Å². The highest BCUT2D eigenvalue weighted by Gasteiger charge is 2.46. The van der Waals surface area contributed by atoms with Gasteiger partial charge in [-0.1, -0.05) is 18.2 Å². The number of methoxy groups -OCH3 is 2. The van der Waals surface area contributed by atoms with E-state index in [2.05, 4.69) is 5.32 Å². The van der Waals surface area contributed by atoms with Crippen molar-refractivity contribution in [2.45, 2.75) is 30.7 Å². The number of hydrogen-bond donors (Lipinski definition) is 3. The largest absolute Gasteiger partial charge is 0.497 e. The monoisotopic (exact) mass is 430 g/mol. The van der Waals surface area contributed by atoms with Gasteiger partial charge in [0.05, 0.1) is 38.5 Å². The Kier molecular flexibility index (Phi) is 7.73. The number of amides is 1. The zero-order valence-electron chi connectivity index (χ0n) is 18.0. The number of aliphatic hydroxyl groups excluding tert-OH is 2. The fourth-order valence-corrected chi connectivity index (χ4v) is 4.05. The molecular formula is C23H30N2O6. The Labute approximate surface area is 182 Å². The van der Waals surface area contributed by atoms with Crippen LogP contribution in [0.4, 0.5) is 0 Å². The highest BCUT2D eigenvalue weighted by atomic mass is 16.5. The van der Waals surface area contributed by atoms with E-state index in [4.69, 9.17) is 14.2 Å². The predicted molar refractivity (Wildman–Crippen MR) is 116 cm³/mol. The Morgan fingerprint density at radius 2 is 1.87 bits per heavy atom. The van der Waals surface area contributed by atoms with Crippen LogP contribution in [-0.2, 0) is 0 Å². The number of carbonyl (C=O) groups is 1. The van der Waals surface area contributed by atoms with Crippen molar-refractivity contribution >= 4 is 5.91 Å². The van der Waals surface area contributed by atoms with Gasteiger partial charge in [-0.25, -0.2) is 0 Å². The third-order valence-corrected chi connectivity index (χ3v) is 5.59. The summed E-state index contributed by atoms with van der Waals surface area (Å²) in [5.74, 6) is 1.41.